The summed E-state index contributed by atoms with van der Waals surface area (Å²) in [4.78, 5) is 10.6. The Labute approximate surface area is 99.9 Å². The van der Waals surface area contributed by atoms with Crippen LogP contribution in [0.5, 0.6) is 11.5 Å². The van der Waals surface area contributed by atoms with Gasteiger partial charge in [0.15, 0.2) is 17.3 Å². The van der Waals surface area contributed by atoms with Gasteiger partial charge >= 0.3 is 5.97 Å². The van der Waals surface area contributed by atoms with Crippen LogP contribution in [-0.2, 0) is 0 Å². The largest absolute Gasteiger partial charge is 0.504 e. The third-order valence-corrected chi connectivity index (χ3v) is 2.40. The van der Waals surface area contributed by atoms with E-state index in [-0.39, 0.29) is 16.8 Å². The maximum absolute atomic E-state index is 13.7. The fourth-order valence-electron chi connectivity index (χ4n) is 1.46. The van der Waals surface area contributed by atoms with E-state index in [0.717, 1.165) is 6.07 Å². The highest BCUT2D eigenvalue weighted by molar-refractivity contribution is 5.85. The van der Waals surface area contributed by atoms with E-state index in [9.17, 15) is 19.4 Å². The van der Waals surface area contributed by atoms with Crippen LogP contribution in [0, 0.1) is 12.7 Å². The standard InChI is InChI=1S/C11H8FNO5/c1-4-2-5(8(12)10(15)9(4)14)6-3-7(11(16)17)18-13-6/h2-3,14-15H,1H3,(H,16,17). The Morgan fingerprint density at radius 2 is 2.00 bits per heavy atom. The number of aromatic hydroxyl groups is 2. The summed E-state index contributed by atoms with van der Waals surface area (Å²) in [6, 6.07) is 2.25. The molecule has 0 amide bonds. The van der Waals surface area contributed by atoms with E-state index in [1.807, 2.05) is 0 Å². The number of aromatic nitrogens is 1. The van der Waals surface area contributed by atoms with E-state index in [1.165, 1.54) is 13.0 Å². The molecule has 0 spiro atoms. The van der Waals surface area contributed by atoms with E-state index >= 15 is 0 Å². The molecule has 0 atom stereocenters. The first-order valence-electron chi connectivity index (χ1n) is 4.83. The van der Waals surface area contributed by atoms with Crippen LogP contribution in [0.1, 0.15) is 16.1 Å². The molecule has 0 unspecified atom stereocenters. The maximum Gasteiger partial charge on any atom is 0.374 e. The zero-order valence-corrected chi connectivity index (χ0v) is 9.14. The van der Waals surface area contributed by atoms with Crippen molar-refractivity contribution >= 4 is 5.97 Å². The maximum atomic E-state index is 13.7. The summed E-state index contributed by atoms with van der Waals surface area (Å²) >= 11 is 0. The molecule has 94 valence electrons. The molecule has 1 heterocycles. The first-order valence-corrected chi connectivity index (χ1v) is 4.83. The molecule has 6 nitrogen and oxygen atoms in total. The minimum Gasteiger partial charge on any atom is -0.504 e. The number of rotatable bonds is 2. The van der Waals surface area contributed by atoms with E-state index in [0.29, 0.717) is 0 Å². The summed E-state index contributed by atoms with van der Waals surface area (Å²) in [6.45, 7) is 1.45. The van der Waals surface area contributed by atoms with Crippen LogP contribution in [0.25, 0.3) is 11.3 Å². The zero-order chi connectivity index (χ0) is 13.4. The molecule has 0 bridgehead atoms. The number of hydrogen-bond acceptors (Lipinski definition) is 5. The first-order chi connectivity index (χ1) is 8.41. The predicted molar refractivity (Wildman–Crippen MR) is 56.9 cm³/mol. The number of nitrogens with zero attached hydrogens (tertiary/aromatic N) is 1. The van der Waals surface area contributed by atoms with Crippen LogP contribution in [0.4, 0.5) is 4.39 Å². The van der Waals surface area contributed by atoms with Gasteiger partial charge in [0.2, 0.25) is 5.76 Å². The number of carbonyl (C=O) groups is 1. The van der Waals surface area contributed by atoms with Gasteiger partial charge in [0, 0.05) is 11.6 Å². The Bertz CT molecular complexity index is 635. The summed E-state index contributed by atoms with van der Waals surface area (Å²) in [5.41, 5.74) is -0.00822. The quantitative estimate of drug-likeness (QED) is 0.706. The summed E-state index contributed by atoms with van der Waals surface area (Å²) in [7, 11) is 0. The second kappa shape index (κ2) is 4.02. The highest BCUT2D eigenvalue weighted by Gasteiger charge is 2.20. The van der Waals surface area contributed by atoms with Crippen LogP contribution >= 0.6 is 0 Å². The van der Waals surface area contributed by atoms with Crippen molar-refractivity contribution in [1.82, 2.24) is 5.16 Å². The Balaban J connectivity index is 2.60. The Kier molecular flexibility index (Phi) is 2.66. The third kappa shape index (κ3) is 1.75. The van der Waals surface area contributed by atoms with Crippen molar-refractivity contribution in [2.45, 2.75) is 6.92 Å². The van der Waals surface area contributed by atoms with Gasteiger partial charge in [-0.15, -0.1) is 0 Å². The van der Waals surface area contributed by atoms with Gasteiger partial charge in [0.25, 0.3) is 0 Å². The highest BCUT2D eigenvalue weighted by Crippen LogP contribution is 2.37. The number of aromatic carboxylic acids is 1. The molecule has 0 saturated heterocycles. The van der Waals surface area contributed by atoms with E-state index in [4.69, 9.17) is 5.11 Å². The van der Waals surface area contributed by atoms with Crippen LogP contribution < -0.4 is 0 Å². The summed E-state index contributed by atoms with van der Waals surface area (Å²) < 4.78 is 18.2. The van der Waals surface area contributed by atoms with E-state index < -0.39 is 29.0 Å². The van der Waals surface area contributed by atoms with Crippen molar-refractivity contribution < 1.29 is 29.0 Å². The van der Waals surface area contributed by atoms with Crippen molar-refractivity contribution in [1.29, 1.82) is 0 Å². The molecular formula is C11H8FNO5. The topological polar surface area (TPSA) is 104 Å². The number of phenols is 2. The summed E-state index contributed by atoms with van der Waals surface area (Å²) in [5, 5.41) is 30.7. The number of hydrogen-bond donors (Lipinski definition) is 3. The highest BCUT2D eigenvalue weighted by atomic mass is 19.1. The van der Waals surface area contributed by atoms with Crippen LogP contribution in [-0.4, -0.2) is 26.4 Å². The van der Waals surface area contributed by atoms with Crippen LogP contribution in [0.3, 0.4) is 0 Å². The number of halogens is 1. The van der Waals surface area contributed by atoms with Crippen molar-refractivity contribution in [2.75, 3.05) is 0 Å². The molecule has 0 aliphatic heterocycles. The Hall–Kier alpha value is -2.57. The van der Waals surface area contributed by atoms with Crippen molar-refractivity contribution in [3.63, 3.8) is 0 Å². The van der Waals surface area contributed by atoms with Gasteiger partial charge in [-0.25, -0.2) is 9.18 Å². The van der Waals surface area contributed by atoms with Crippen molar-refractivity contribution in [3.05, 3.63) is 29.3 Å². The smallest absolute Gasteiger partial charge is 0.374 e. The molecule has 2 aromatic rings. The molecule has 0 fully saturated rings. The molecular weight excluding hydrogens is 245 g/mol. The zero-order valence-electron chi connectivity index (χ0n) is 9.14. The van der Waals surface area contributed by atoms with Gasteiger partial charge < -0.3 is 19.8 Å². The van der Waals surface area contributed by atoms with Gasteiger partial charge in [0.1, 0.15) is 5.69 Å². The molecule has 7 heteroatoms. The molecule has 0 aliphatic rings. The normalized spacial score (nSPS) is 10.6. The monoisotopic (exact) mass is 253 g/mol. The summed E-state index contributed by atoms with van der Waals surface area (Å²) in [5.74, 6) is -4.37. The molecule has 0 radical (unpaired) electrons. The molecule has 0 aliphatic carbocycles. The lowest BCUT2D eigenvalue weighted by molar-refractivity contribution is 0.0652. The second-order valence-electron chi connectivity index (χ2n) is 3.63. The predicted octanol–water partition coefficient (Wildman–Crippen LogP) is 1.90. The number of aryl methyl sites for hydroxylation is 1. The van der Waals surface area contributed by atoms with Crippen molar-refractivity contribution in [2.24, 2.45) is 0 Å². The van der Waals surface area contributed by atoms with Gasteiger partial charge in [0.05, 0.1) is 0 Å². The Morgan fingerprint density at radius 3 is 2.56 bits per heavy atom. The Morgan fingerprint density at radius 1 is 1.33 bits per heavy atom. The fraction of sp³-hybridized carbons (Fsp3) is 0.0909. The number of phenolic OH excluding ortho intramolecular Hbond substituents is 2. The molecule has 1 aromatic carbocycles. The minimum atomic E-state index is -1.34. The van der Waals surface area contributed by atoms with Gasteiger partial charge in [-0.2, -0.15) is 0 Å². The lowest BCUT2D eigenvalue weighted by Crippen LogP contribution is -1.92. The summed E-state index contributed by atoms with van der Waals surface area (Å²) in [6.07, 6.45) is 0. The third-order valence-electron chi connectivity index (χ3n) is 2.40. The second-order valence-corrected chi connectivity index (χ2v) is 3.63. The lowest BCUT2D eigenvalue weighted by Gasteiger charge is -2.06. The minimum absolute atomic E-state index is 0.0803. The molecule has 18 heavy (non-hydrogen) atoms. The first kappa shape index (κ1) is 11.9. The lowest BCUT2D eigenvalue weighted by atomic mass is 10.1. The van der Waals surface area contributed by atoms with Gasteiger partial charge in [-0.1, -0.05) is 5.16 Å². The van der Waals surface area contributed by atoms with E-state index in [2.05, 4.69) is 9.68 Å². The number of benzene rings is 1. The average molecular weight is 253 g/mol. The van der Waals surface area contributed by atoms with Crippen molar-refractivity contribution in [3.8, 4) is 22.8 Å². The SMILES string of the molecule is Cc1cc(-c2cc(C(=O)O)on2)c(F)c(O)c1O. The number of carboxylic acids is 1. The molecule has 1 aromatic heterocycles. The molecule has 2 rings (SSSR count). The van der Waals surface area contributed by atoms with E-state index in [1.54, 1.807) is 0 Å². The van der Waals surface area contributed by atoms with Crippen LogP contribution in [0.15, 0.2) is 16.7 Å². The average Bonchev–Trinajstić information content (AvgIpc) is 2.80. The van der Waals surface area contributed by atoms with Gasteiger partial charge in [-0.05, 0) is 18.6 Å². The van der Waals surface area contributed by atoms with Crippen LogP contribution in [0.2, 0.25) is 0 Å². The number of carboxylic acid groups (broad SMARTS) is 1. The molecule has 3 N–H and O–H groups in total. The van der Waals surface area contributed by atoms with Gasteiger partial charge in [-0.3, -0.25) is 0 Å². The fourth-order valence-corrected chi connectivity index (χ4v) is 1.46. The molecule has 0 saturated carbocycles.